The number of nitrogens with one attached hydrogen (secondary N) is 1. The van der Waals surface area contributed by atoms with Gasteiger partial charge in [0, 0.05) is 3.57 Å². The van der Waals surface area contributed by atoms with Crippen LogP contribution in [-0.2, 0) is 0 Å². The second-order valence-electron chi connectivity index (χ2n) is 5.45. The molecule has 1 unspecified atom stereocenters. The Morgan fingerprint density at radius 3 is 2.35 bits per heavy atom. The summed E-state index contributed by atoms with van der Waals surface area (Å²) in [6.45, 7) is 0. The van der Waals surface area contributed by atoms with Crippen molar-refractivity contribution in [3.63, 3.8) is 0 Å². The molecule has 0 heterocycles. The van der Waals surface area contributed by atoms with Crippen LogP contribution in [0.4, 0.5) is 0 Å². The van der Waals surface area contributed by atoms with Crippen molar-refractivity contribution in [1.29, 1.82) is 0 Å². The lowest BCUT2D eigenvalue weighted by Crippen LogP contribution is -2.28. The van der Waals surface area contributed by atoms with Crippen molar-refractivity contribution in [3.8, 4) is 0 Å². The molecule has 0 saturated heterocycles. The highest BCUT2D eigenvalue weighted by atomic mass is 127. The van der Waals surface area contributed by atoms with E-state index in [4.69, 9.17) is 5.84 Å². The highest BCUT2D eigenvalue weighted by Crippen LogP contribution is 2.36. The van der Waals surface area contributed by atoms with Gasteiger partial charge < -0.3 is 0 Å². The van der Waals surface area contributed by atoms with E-state index in [-0.39, 0.29) is 6.04 Å². The summed E-state index contributed by atoms with van der Waals surface area (Å²) in [5.74, 6) is 6.55. The van der Waals surface area contributed by atoms with Gasteiger partial charge in [0.15, 0.2) is 0 Å². The predicted molar refractivity (Wildman–Crippen MR) is 91.4 cm³/mol. The van der Waals surface area contributed by atoms with Crippen molar-refractivity contribution in [2.75, 3.05) is 0 Å². The first-order valence-electron chi connectivity index (χ1n) is 7.09. The minimum atomic E-state index is 0.0557. The van der Waals surface area contributed by atoms with Crippen LogP contribution >= 0.6 is 22.6 Å². The number of nitrogens with two attached hydrogens (primary N) is 1. The van der Waals surface area contributed by atoms with Gasteiger partial charge in [-0.2, -0.15) is 0 Å². The average molecular weight is 378 g/mol. The highest BCUT2D eigenvalue weighted by Gasteiger charge is 2.20. The van der Waals surface area contributed by atoms with Crippen LogP contribution in [0.5, 0.6) is 0 Å². The fraction of sp³-hybridized carbons (Fsp3) is 0.294. The first-order chi connectivity index (χ1) is 9.78. The Kier molecular flexibility index (Phi) is 4.38. The van der Waals surface area contributed by atoms with Crippen molar-refractivity contribution < 1.29 is 0 Å². The third-order valence-corrected chi connectivity index (χ3v) is 4.87. The molecule has 1 aliphatic rings. The molecule has 0 amide bonds. The number of hydrogen-bond acceptors (Lipinski definition) is 2. The van der Waals surface area contributed by atoms with Crippen LogP contribution < -0.4 is 11.3 Å². The van der Waals surface area contributed by atoms with Crippen LogP contribution in [0.1, 0.15) is 47.9 Å². The topological polar surface area (TPSA) is 38.0 Å². The fourth-order valence-corrected chi connectivity index (χ4v) is 3.34. The number of hydrazine groups is 1. The number of benzene rings is 2. The van der Waals surface area contributed by atoms with Gasteiger partial charge in [0.1, 0.15) is 0 Å². The van der Waals surface area contributed by atoms with Gasteiger partial charge in [0.05, 0.1) is 6.04 Å². The monoisotopic (exact) mass is 378 g/mol. The molecule has 3 N–H and O–H groups in total. The smallest absolute Gasteiger partial charge is 0.0710 e. The second-order valence-corrected chi connectivity index (χ2v) is 6.69. The van der Waals surface area contributed by atoms with E-state index >= 15 is 0 Å². The zero-order chi connectivity index (χ0) is 13.9. The van der Waals surface area contributed by atoms with Gasteiger partial charge in [-0.05, 0) is 70.2 Å². The average Bonchev–Trinajstić information content (AvgIpc) is 2.40. The summed E-state index contributed by atoms with van der Waals surface area (Å²) in [6.07, 6.45) is 4.06. The Hall–Kier alpha value is -0.910. The van der Waals surface area contributed by atoms with E-state index < -0.39 is 0 Å². The second kappa shape index (κ2) is 6.24. The molecular formula is C17H19IN2. The third-order valence-electron chi connectivity index (χ3n) is 4.20. The van der Waals surface area contributed by atoms with E-state index in [0.29, 0.717) is 0 Å². The van der Waals surface area contributed by atoms with Crippen LogP contribution in [0.3, 0.4) is 0 Å². The molecule has 0 aliphatic heterocycles. The highest BCUT2D eigenvalue weighted by molar-refractivity contribution is 14.1. The number of hydrogen-bond donors (Lipinski definition) is 2. The number of halogens is 1. The van der Waals surface area contributed by atoms with Gasteiger partial charge >= 0.3 is 0 Å². The van der Waals surface area contributed by atoms with Gasteiger partial charge in [-0.15, -0.1) is 0 Å². The molecule has 104 valence electrons. The molecule has 0 radical (unpaired) electrons. The third kappa shape index (κ3) is 2.90. The summed E-state index contributed by atoms with van der Waals surface area (Å²) in [5.41, 5.74) is 6.83. The summed E-state index contributed by atoms with van der Waals surface area (Å²) < 4.78 is 1.23. The molecule has 2 aromatic carbocycles. The summed E-state index contributed by atoms with van der Waals surface area (Å²) in [5, 5.41) is 0. The van der Waals surface area contributed by atoms with Crippen LogP contribution in [0.25, 0.3) is 0 Å². The number of rotatable bonds is 4. The molecule has 0 spiro atoms. The molecule has 2 aromatic rings. The molecule has 0 bridgehead atoms. The maximum absolute atomic E-state index is 5.77. The Bertz CT molecular complexity index is 576. The molecule has 20 heavy (non-hydrogen) atoms. The van der Waals surface area contributed by atoms with Crippen molar-refractivity contribution >= 4 is 22.6 Å². The SMILES string of the molecule is NNC(c1ccc(C2CCC2)cc1)c1cccc(I)c1. The van der Waals surface area contributed by atoms with Crippen LogP contribution in [-0.4, -0.2) is 0 Å². The molecule has 2 nitrogen and oxygen atoms in total. The fourth-order valence-electron chi connectivity index (χ4n) is 2.77. The Labute approximate surface area is 133 Å². The minimum absolute atomic E-state index is 0.0557. The van der Waals surface area contributed by atoms with Gasteiger partial charge in [0.2, 0.25) is 0 Å². The van der Waals surface area contributed by atoms with Crippen LogP contribution in [0.2, 0.25) is 0 Å². The summed E-state index contributed by atoms with van der Waals surface area (Å²) >= 11 is 2.33. The minimum Gasteiger partial charge on any atom is -0.271 e. The standard InChI is InChI=1S/C17H19IN2/c18-16-6-2-5-15(11-16)17(20-19)14-9-7-13(8-10-14)12-3-1-4-12/h2,5-12,17,20H,1,3-4,19H2. The molecule has 1 atom stereocenters. The Morgan fingerprint density at radius 1 is 1.05 bits per heavy atom. The molecule has 1 fully saturated rings. The molecule has 3 heteroatoms. The van der Waals surface area contributed by atoms with E-state index in [2.05, 4.69) is 76.5 Å². The van der Waals surface area contributed by atoms with Crippen molar-refractivity contribution in [1.82, 2.24) is 5.43 Å². The summed E-state index contributed by atoms with van der Waals surface area (Å²) in [6, 6.07) is 17.4. The lowest BCUT2D eigenvalue weighted by molar-refractivity contribution is 0.419. The lowest BCUT2D eigenvalue weighted by Gasteiger charge is -2.26. The van der Waals surface area contributed by atoms with E-state index in [1.807, 2.05) is 0 Å². The van der Waals surface area contributed by atoms with E-state index in [1.54, 1.807) is 0 Å². The molecule has 1 saturated carbocycles. The van der Waals surface area contributed by atoms with Gasteiger partial charge in [-0.1, -0.05) is 42.8 Å². The van der Waals surface area contributed by atoms with Crippen molar-refractivity contribution in [3.05, 3.63) is 68.8 Å². The molecular weight excluding hydrogens is 359 g/mol. The molecule has 0 aromatic heterocycles. The summed E-state index contributed by atoms with van der Waals surface area (Å²) in [4.78, 5) is 0. The zero-order valence-electron chi connectivity index (χ0n) is 11.4. The van der Waals surface area contributed by atoms with E-state index in [9.17, 15) is 0 Å². The molecule has 1 aliphatic carbocycles. The van der Waals surface area contributed by atoms with Crippen LogP contribution in [0.15, 0.2) is 48.5 Å². The maximum Gasteiger partial charge on any atom is 0.0710 e. The van der Waals surface area contributed by atoms with Crippen molar-refractivity contribution in [2.24, 2.45) is 5.84 Å². The largest absolute Gasteiger partial charge is 0.271 e. The Balaban J connectivity index is 1.85. The van der Waals surface area contributed by atoms with Crippen molar-refractivity contribution in [2.45, 2.75) is 31.2 Å². The first-order valence-corrected chi connectivity index (χ1v) is 8.17. The van der Waals surface area contributed by atoms with Gasteiger partial charge in [-0.25, -0.2) is 5.43 Å². The molecule has 3 rings (SSSR count). The van der Waals surface area contributed by atoms with E-state index in [1.165, 1.54) is 39.5 Å². The summed E-state index contributed by atoms with van der Waals surface area (Å²) in [7, 11) is 0. The first kappa shape index (κ1) is 14.0. The van der Waals surface area contributed by atoms with Gasteiger partial charge in [-0.3, -0.25) is 5.84 Å². The normalized spacial score (nSPS) is 16.7. The van der Waals surface area contributed by atoms with E-state index in [0.717, 1.165) is 5.92 Å². The Morgan fingerprint density at radius 2 is 1.80 bits per heavy atom. The lowest BCUT2D eigenvalue weighted by atomic mass is 9.79. The van der Waals surface area contributed by atoms with Gasteiger partial charge in [0.25, 0.3) is 0 Å². The zero-order valence-corrected chi connectivity index (χ0v) is 13.5. The van der Waals surface area contributed by atoms with Crippen LogP contribution in [0, 0.1) is 3.57 Å². The predicted octanol–water partition coefficient (Wildman–Crippen LogP) is 4.11. The quantitative estimate of drug-likeness (QED) is 0.477. The maximum atomic E-state index is 5.77.